The Hall–Kier alpha value is -2.54. The number of carbonyl (C=O) groups is 2. The maximum atomic E-state index is 12.3. The number of aromatic nitrogens is 2. The topological polar surface area (TPSA) is 82.4 Å². The molecule has 2 aromatic rings. The second-order valence-corrected chi connectivity index (χ2v) is 7.17. The Labute approximate surface area is 170 Å². The van der Waals surface area contributed by atoms with E-state index in [2.05, 4.69) is 10.4 Å². The van der Waals surface area contributed by atoms with Gasteiger partial charge in [-0.25, -0.2) is 4.79 Å². The van der Waals surface area contributed by atoms with Crippen LogP contribution in [0.5, 0.6) is 5.75 Å². The number of carbonyl (C=O) groups excluding carboxylic acids is 2. The predicted octanol–water partition coefficient (Wildman–Crippen LogP) is 3.03. The first-order chi connectivity index (χ1) is 13.3. The van der Waals surface area contributed by atoms with Crippen molar-refractivity contribution in [2.24, 2.45) is 5.92 Å². The molecule has 0 bridgehead atoms. The molecule has 28 heavy (non-hydrogen) atoms. The molecule has 0 spiro atoms. The quantitative estimate of drug-likeness (QED) is 0.646. The van der Waals surface area contributed by atoms with Gasteiger partial charge in [0.25, 0.3) is 5.91 Å². The van der Waals surface area contributed by atoms with Crippen molar-refractivity contribution in [2.75, 3.05) is 20.3 Å². The maximum Gasteiger partial charge on any atom is 0.343 e. The number of rotatable bonds is 9. The van der Waals surface area contributed by atoms with Gasteiger partial charge in [-0.2, -0.15) is 5.10 Å². The summed E-state index contributed by atoms with van der Waals surface area (Å²) in [6.07, 6.45) is 0.608. The molecule has 0 saturated heterocycles. The number of hydrogen-bond donors (Lipinski definition) is 1. The van der Waals surface area contributed by atoms with Crippen LogP contribution in [0.1, 0.15) is 35.5 Å². The van der Waals surface area contributed by atoms with Crippen molar-refractivity contribution in [3.63, 3.8) is 0 Å². The molecule has 2 rings (SSSR count). The first kappa shape index (κ1) is 21.8. The molecule has 0 aliphatic heterocycles. The Balaban J connectivity index is 1.84. The fourth-order valence-electron chi connectivity index (χ4n) is 2.75. The summed E-state index contributed by atoms with van der Waals surface area (Å²) in [4.78, 5) is 24.3. The monoisotopic (exact) mass is 407 g/mol. The average Bonchev–Trinajstić information content (AvgIpc) is 2.93. The minimum Gasteiger partial charge on any atom is -0.496 e. The van der Waals surface area contributed by atoms with Gasteiger partial charge in [-0.1, -0.05) is 43.6 Å². The highest BCUT2D eigenvalue weighted by Gasteiger charge is 2.22. The van der Waals surface area contributed by atoms with Crippen molar-refractivity contribution in [2.45, 2.75) is 33.7 Å². The highest BCUT2D eigenvalue weighted by molar-refractivity contribution is 6.32. The number of hydrogen-bond acceptors (Lipinski definition) is 5. The van der Waals surface area contributed by atoms with Gasteiger partial charge in [-0.15, -0.1) is 0 Å². The number of halogens is 1. The third kappa shape index (κ3) is 5.73. The smallest absolute Gasteiger partial charge is 0.343 e. The molecule has 1 heterocycles. The zero-order valence-electron chi connectivity index (χ0n) is 16.6. The van der Waals surface area contributed by atoms with Gasteiger partial charge in [0, 0.05) is 13.1 Å². The molecule has 152 valence electrons. The van der Waals surface area contributed by atoms with Crippen molar-refractivity contribution < 1.29 is 19.1 Å². The van der Waals surface area contributed by atoms with Gasteiger partial charge in [0.05, 0.1) is 12.8 Å². The van der Waals surface area contributed by atoms with Crippen LogP contribution in [-0.2, 0) is 22.5 Å². The van der Waals surface area contributed by atoms with Crippen LogP contribution in [0.2, 0.25) is 5.15 Å². The third-order valence-corrected chi connectivity index (χ3v) is 4.44. The van der Waals surface area contributed by atoms with Gasteiger partial charge >= 0.3 is 5.97 Å². The van der Waals surface area contributed by atoms with Crippen molar-refractivity contribution in [3.8, 4) is 5.75 Å². The second-order valence-electron chi connectivity index (χ2n) is 6.82. The van der Waals surface area contributed by atoms with E-state index in [0.717, 1.165) is 11.3 Å². The fourth-order valence-corrected chi connectivity index (χ4v) is 3.07. The highest BCUT2D eigenvalue weighted by Crippen LogP contribution is 2.22. The Kier molecular flexibility index (Phi) is 7.87. The summed E-state index contributed by atoms with van der Waals surface area (Å²) in [6, 6.07) is 7.60. The Morgan fingerprint density at radius 2 is 2.00 bits per heavy atom. The zero-order chi connectivity index (χ0) is 20.7. The lowest BCUT2D eigenvalue weighted by atomic mass is 10.1. The average molecular weight is 408 g/mol. The Morgan fingerprint density at radius 3 is 2.68 bits per heavy atom. The fraction of sp³-hybridized carbons (Fsp3) is 0.450. The summed E-state index contributed by atoms with van der Waals surface area (Å²) in [5.41, 5.74) is 1.67. The van der Waals surface area contributed by atoms with Crippen molar-refractivity contribution in [1.29, 1.82) is 0 Å². The molecule has 7 nitrogen and oxygen atoms in total. The van der Waals surface area contributed by atoms with Crippen LogP contribution in [0.25, 0.3) is 0 Å². The van der Waals surface area contributed by atoms with Crippen LogP contribution >= 0.6 is 11.6 Å². The molecule has 0 fully saturated rings. The number of nitrogens with zero attached hydrogens (tertiary/aromatic N) is 2. The Morgan fingerprint density at radius 1 is 1.29 bits per heavy atom. The molecule has 1 N–H and O–H groups in total. The van der Waals surface area contributed by atoms with Gasteiger partial charge in [-0.05, 0) is 30.9 Å². The van der Waals surface area contributed by atoms with Crippen molar-refractivity contribution >= 4 is 23.5 Å². The van der Waals surface area contributed by atoms with E-state index in [-0.39, 0.29) is 23.2 Å². The largest absolute Gasteiger partial charge is 0.496 e. The number of esters is 1. The van der Waals surface area contributed by atoms with E-state index in [1.54, 1.807) is 18.7 Å². The van der Waals surface area contributed by atoms with Crippen LogP contribution in [-0.4, -0.2) is 41.9 Å². The number of methoxy groups -OCH3 is 1. The van der Waals surface area contributed by atoms with Crippen molar-refractivity contribution in [3.05, 3.63) is 46.2 Å². The van der Waals surface area contributed by atoms with Crippen LogP contribution in [0.15, 0.2) is 24.3 Å². The molecule has 0 radical (unpaired) electrons. The Bertz CT molecular complexity index is 833. The number of amides is 1. The molecule has 0 saturated carbocycles. The lowest BCUT2D eigenvalue weighted by Crippen LogP contribution is -2.30. The maximum absolute atomic E-state index is 12.3. The van der Waals surface area contributed by atoms with Crippen molar-refractivity contribution in [1.82, 2.24) is 15.1 Å². The summed E-state index contributed by atoms with van der Waals surface area (Å²) in [5.74, 6) is 0.0605. The molecule has 0 unspecified atom stereocenters. The summed E-state index contributed by atoms with van der Waals surface area (Å²) < 4.78 is 12.0. The molecule has 8 heteroatoms. The minimum absolute atomic E-state index is 0.198. The van der Waals surface area contributed by atoms with Gasteiger partial charge in [0.15, 0.2) is 6.61 Å². The minimum atomic E-state index is -0.655. The molecule has 1 amide bonds. The second kappa shape index (κ2) is 10.1. The first-order valence-corrected chi connectivity index (χ1v) is 9.49. The number of ether oxygens (including phenoxy) is 2. The van der Waals surface area contributed by atoms with Crippen LogP contribution in [0, 0.1) is 12.8 Å². The van der Waals surface area contributed by atoms with E-state index in [9.17, 15) is 9.59 Å². The van der Waals surface area contributed by atoms with Crippen LogP contribution in [0.3, 0.4) is 0 Å². The molecule has 1 aromatic heterocycles. The lowest BCUT2D eigenvalue weighted by Gasteiger charge is -2.09. The molecular weight excluding hydrogens is 382 g/mol. The lowest BCUT2D eigenvalue weighted by molar-refractivity contribution is -0.124. The first-order valence-electron chi connectivity index (χ1n) is 9.12. The predicted molar refractivity (Wildman–Crippen MR) is 107 cm³/mol. The van der Waals surface area contributed by atoms with E-state index >= 15 is 0 Å². The summed E-state index contributed by atoms with van der Waals surface area (Å²) in [5, 5.41) is 7.22. The normalized spacial score (nSPS) is 10.8. The summed E-state index contributed by atoms with van der Waals surface area (Å²) >= 11 is 6.25. The summed E-state index contributed by atoms with van der Waals surface area (Å²) in [7, 11) is 1.60. The molecule has 0 aliphatic rings. The number of benzene rings is 1. The molecule has 0 atom stereocenters. The van der Waals surface area contributed by atoms with E-state index < -0.39 is 5.97 Å². The highest BCUT2D eigenvalue weighted by atomic mass is 35.5. The van der Waals surface area contributed by atoms with Gasteiger partial charge in [0.2, 0.25) is 0 Å². The third-order valence-electron chi connectivity index (χ3n) is 4.05. The molecular formula is C20H26ClN3O4. The van der Waals surface area contributed by atoms with E-state index in [1.165, 1.54) is 0 Å². The SMILES string of the molecule is COc1ccccc1CCNC(=O)COC(=O)c1c(C)nn(CC(C)C)c1Cl. The molecule has 1 aromatic carbocycles. The standard InChI is InChI=1S/C20H26ClN3O4/c1-13(2)11-24-19(21)18(14(3)23-24)20(26)28-12-17(25)22-10-9-15-7-5-6-8-16(15)27-4/h5-8,13H,9-12H2,1-4H3,(H,22,25). The van der Waals surface area contributed by atoms with Gasteiger partial charge < -0.3 is 14.8 Å². The van der Waals surface area contributed by atoms with Gasteiger partial charge in [-0.3, -0.25) is 9.48 Å². The van der Waals surface area contributed by atoms with E-state index in [0.29, 0.717) is 31.1 Å². The van der Waals surface area contributed by atoms with Gasteiger partial charge in [0.1, 0.15) is 16.5 Å². The number of aryl methyl sites for hydroxylation is 1. The molecule has 0 aliphatic carbocycles. The van der Waals surface area contributed by atoms with Crippen LogP contribution < -0.4 is 10.1 Å². The van der Waals surface area contributed by atoms with Crippen LogP contribution in [0.4, 0.5) is 0 Å². The number of nitrogens with one attached hydrogen (secondary N) is 1. The van der Waals surface area contributed by atoms with E-state index in [4.69, 9.17) is 21.1 Å². The number of para-hydroxylation sites is 1. The van der Waals surface area contributed by atoms with E-state index in [1.807, 2.05) is 38.1 Å². The summed E-state index contributed by atoms with van der Waals surface area (Å²) in [6.45, 7) is 6.36. The zero-order valence-corrected chi connectivity index (χ0v) is 17.4.